The summed E-state index contributed by atoms with van der Waals surface area (Å²) in [5, 5.41) is 14.4. The molecule has 4 aromatic rings. The van der Waals surface area contributed by atoms with Crippen LogP contribution in [0.2, 0.25) is 0 Å². The zero-order valence-corrected chi connectivity index (χ0v) is 18.2. The summed E-state index contributed by atoms with van der Waals surface area (Å²) in [6, 6.07) is 40.5. The van der Waals surface area contributed by atoms with Crippen molar-refractivity contribution in [1.29, 1.82) is 0 Å². The molecular formula is C26H22O2P2. The monoisotopic (exact) mass is 428 g/mol. The smallest absolute Gasteiger partial charge is 0.316 e. The van der Waals surface area contributed by atoms with Crippen molar-refractivity contribution in [3.63, 3.8) is 0 Å². The Kier molecular flexibility index (Phi) is 6.70. The lowest BCUT2D eigenvalue weighted by Crippen LogP contribution is -2.32. The highest BCUT2D eigenvalue weighted by molar-refractivity contribution is 7.90. The summed E-state index contributed by atoms with van der Waals surface area (Å²) in [6.07, 6.45) is 0. The Bertz CT molecular complexity index is 909. The Morgan fingerprint density at radius 3 is 0.933 bits per heavy atom. The van der Waals surface area contributed by atoms with E-state index in [4.69, 9.17) is 0 Å². The molecule has 0 saturated heterocycles. The molecule has 0 bridgehead atoms. The van der Waals surface area contributed by atoms with Crippen LogP contribution in [0.4, 0.5) is 0 Å². The summed E-state index contributed by atoms with van der Waals surface area (Å²) >= 11 is 0. The lowest BCUT2D eigenvalue weighted by atomic mass is 10.4. The van der Waals surface area contributed by atoms with Gasteiger partial charge in [0.05, 0.1) is 0 Å². The molecule has 4 aromatic carbocycles. The first kappa shape index (κ1) is 20.5. The number of aliphatic carboxylic acids is 1. The van der Waals surface area contributed by atoms with Gasteiger partial charge < -0.3 is 5.11 Å². The topological polar surface area (TPSA) is 37.3 Å². The van der Waals surface area contributed by atoms with Gasteiger partial charge >= 0.3 is 5.97 Å². The highest BCUT2D eigenvalue weighted by Crippen LogP contribution is 2.56. The second kappa shape index (κ2) is 9.81. The number of carboxylic acid groups (broad SMARTS) is 1. The molecule has 0 aliphatic heterocycles. The maximum Gasteiger partial charge on any atom is 0.316 e. The Morgan fingerprint density at radius 1 is 0.500 bits per heavy atom. The number of carbonyl (C=O) groups is 1. The quantitative estimate of drug-likeness (QED) is 0.435. The molecule has 148 valence electrons. The first-order valence-corrected chi connectivity index (χ1v) is 12.6. The van der Waals surface area contributed by atoms with E-state index in [-0.39, 0.29) is 0 Å². The summed E-state index contributed by atoms with van der Waals surface area (Å²) in [5.41, 5.74) is 0. The van der Waals surface area contributed by atoms with Crippen molar-refractivity contribution in [3.8, 4) is 0 Å². The molecule has 0 saturated carbocycles. The van der Waals surface area contributed by atoms with Crippen LogP contribution in [0.15, 0.2) is 121 Å². The average molecular weight is 428 g/mol. The number of hydrogen-bond acceptors (Lipinski definition) is 1. The van der Waals surface area contributed by atoms with Gasteiger partial charge in [0, 0.05) is 0 Å². The minimum atomic E-state index is -1.11. The summed E-state index contributed by atoms with van der Waals surface area (Å²) in [6.45, 7) is 0. The second-order valence-corrected chi connectivity index (χ2v) is 11.8. The van der Waals surface area contributed by atoms with Crippen LogP contribution < -0.4 is 21.2 Å². The van der Waals surface area contributed by atoms with Crippen molar-refractivity contribution in [2.45, 2.75) is 5.40 Å². The Hall–Kier alpha value is -2.79. The molecule has 2 nitrogen and oxygen atoms in total. The fourth-order valence-electron chi connectivity index (χ4n) is 3.55. The SMILES string of the molecule is O=C(O)C(P(c1ccccc1)c1ccccc1)P(c1ccccc1)c1ccccc1. The molecule has 0 fully saturated rings. The van der Waals surface area contributed by atoms with E-state index >= 15 is 0 Å². The molecule has 0 radical (unpaired) electrons. The minimum absolute atomic E-state index is 0.537. The van der Waals surface area contributed by atoms with Gasteiger partial charge in [-0.25, -0.2) is 0 Å². The lowest BCUT2D eigenvalue weighted by molar-refractivity contribution is -0.134. The fourth-order valence-corrected chi connectivity index (χ4v) is 10.2. The third kappa shape index (κ3) is 4.51. The van der Waals surface area contributed by atoms with Crippen LogP contribution >= 0.6 is 15.8 Å². The van der Waals surface area contributed by atoms with Gasteiger partial charge in [-0.2, -0.15) is 0 Å². The van der Waals surface area contributed by atoms with E-state index in [0.717, 1.165) is 21.2 Å². The largest absolute Gasteiger partial charge is 0.480 e. The third-order valence-corrected chi connectivity index (χ3v) is 11.1. The fraction of sp³-hybridized carbons (Fsp3) is 0.0385. The third-order valence-electron chi connectivity index (χ3n) is 4.85. The van der Waals surface area contributed by atoms with E-state index in [2.05, 4.69) is 48.5 Å². The molecule has 4 rings (SSSR count). The van der Waals surface area contributed by atoms with Gasteiger partial charge in [-0.05, 0) is 37.1 Å². The summed E-state index contributed by atoms with van der Waals surface area (Å²) in [5.74, 6) is -0.743. The van der Waals surface area contributed by atoms with Gasteiger partial charge in [-0.3, -0.25) is 4.79 Å². The number of hydrogen-bond donors (Lipinski definition) is 1. The van der Waals surface area contributed by atoms with E-state index in [1.807, 2.05) is 72.8 Å². The molecule has 0 amide bonds. The molecule has 0 spiro atoms. The normalized spacial score (nSPS) is 11.2. The first-order chi connectivity index (χ1) is 14.8. The van der Waals surface area contributed by atoms with Gasteiger partial charge in [0.1, 0.15) is 5.40 Å². The zero-order chi connectivity index (χ0) is 20.8. The van der Waals surface area contributed by atoms with Crippen molar-refractivity contribution in [3.05, 3.63) is 121 Å². The molecule has 0 heterocycles. The van der Waals surface area contributed by atoms with E-state index in [1.54, 1.807) is 0 Å². The lowest BCUT2D eigenvalue weighted by Gasteiger charge is -2.33. The Labute approximate surface area is 179 Å². The number of rotatable bonds is 7. The summed E-state index contributed by atoms with van der Waals surface area (Å²) < 4.78 is 0. The van der Waals surface area contributed by atoms with Crippen molar-refractivity contribution < 1.29 is 9.90 Å². The highest BCUT2D eigenvalue weighted by atomic mass is 31.2. The van der Waals surface area contributed by atoms with Crippen LogP contribution in [0.1, 0.15) is 0 Å². The van der Waals surface area contributed by atoms with Crippen LogP contribution in [0.3, 0.4) is 0 Å². The average Bonchev–Trinajstić information content (AvgIpc) is 2.81. The predicted molar refractivity (Wildman–Crippen MR) is 130 cm³/mol. The molecule has 30 heavy (non-hydrogen) atoms. The standard InChI is InChI=1S/C26H22O2P2/c27-25(28)26(29(21-13-5-1-6-14-21)22-15-7-2-8-16-22)30(23-17-9-3-10-18-23)24-19-11-4-12-20-24/h1-20,26H,(H,27,28). The van der Waals surface area contributed by atoms with Crippen LogP contribution in [0.5, 0.6) is 0 Å². The minimum Gasteiger partial charge on any atom is -0.480 e. The van der Waals surface area contributed by atoms with E-state index < -0.39 is 27.2 Å². The van der Waals surface area contributed by atoms with Crippen molar-refractivity contribution in [2.75, 3.05) is 0 Å². The molecular weight excluding hydrogens is 406 g/mol. The molecule has 4 heteroatoms. The second-order valence-electron chi connectivity index (χ2n) is 6.79. The van der Waals surface area contributed by atoms with Crippen molar-refractivity contribution in [1.82, 2.24) is 0 Å². The highest BCUT2D eigenvalue weighted by Gasteiger charge is 2.38. The molecule has 0 aliphatic carbocycles. The zero-order valence-electron chi connectivity index (χ0n) is 16.4. The number of carboxylic acids is 1. The maximum absolute atomic E-state index is 12.9. The summed E-state index contributed by atoms with van der Waals surface area (Å²) in [4.78, 5) is 12.9. The number of benzene rings is 4. The van der Waals surface area contributed by atoms with Crippen LogP contribution in [0.25, 0.3) is 0 Å². The van der Waals surface area contributed by atoms with Crippen LogP contribution in [-0.2, 0) is 4.79 Å². The van der Waals surface area contributed by atoms with Crippen LogP contribution in [-0.4, -0.2) is 16.5 Å². The van der Waals surface area contributed by atoms with Crippen molar-refractivity contribution in [2.24, 2.45) is 0 Å². The molecule has 0 aromatic heterocycles. The molecule has 0 aliphatic rings. The predicted octanol–water partition coefficient (Wildman–Crippen LogP) is 4.66. The van der Waals surface area contributed by atoms with E-state index in [0.29, 0.717) is 0 Å². The first-order valence-electron chi connectivity index (χ1n) is 9.77. The molecule has 0 atom stereocenters. The Morgan fingerprint density at radius 2 is 0.733 bits per heavy atom. The van der Waals surface area contributed by atoms with Crippen molar-refractivity contribution >= 4 is 43.0 Å². The maximum atomic E-state index is 12.9. The van der Waals surface area contributed by atoms with Crippen LogP contribution in [0, 0.1) is 0 Å². The Balaban J connectivity index is 1.93. The van der Waals surface area contributed by atoms with Gasteiger partial charge in [-0.15, -0.1) is 0 Å². The molecule has 1 N–H and O–H groups in total. The van der Waals surface area contributed by atoms with Gasteiger partial charge in [0.15, 0.2) is 0 Å². The molecule has 0 unspecified atom stereocenters. The van der Waals surface area contributed by atoms with Gasteiger partial charge in [0.25, 0.3) is 0 Å². The van der Waals surface area contributed by atoms with Gasteiger partial charge in [0.2, 0.25) is 0 Å². The van der Waals surface area contributed by atoms with E-state index in [1.165, 1.54) is 0 Å². The summed E-state index contributed by atoms with van der Waals surface area (Å²) in [7, 11) is -2.22. The van der Waals surface area contributed by atoms with E-state index in [9.17, 15) is 9.90 Å². The van der Waals surface area contributed by atoms with Gasteiger partial charge in [-0.1, -0.05) is 121 Å².